The van der Waals surface area contributed by atoms with Crippen LogP contribution in [-0.2, 0) is 11.2 Å². The maximum atomic E-state index is 13.9. The fourth-order valence-corrected chi connectivity index (χ4v) is 2.09. The van der Waals surface area contributed by atoms with Crippen LogP contribution in [0.15, 0.2) is 15.8 Å². The number of hydrogen-bond donors (Lipinski definition) is 3. The molecule has 0 aliphatic carbocycles. The predicted octanol–water partition coefficient (Wildman–Crippen LogP) is -1.35. The van der Waals surface area contributed by atoms with Gasteiger partial charge in [-0.25, -0.2) is 9.18 Å². The van der Waals surface area contributed by atoms with E-state index < -0.39 is 35.9 Å². The summed E-state index contributed by atoms with van der Waals surface area (Å²) in [6, 6.07) is 0. The van der Waals surface area contributed by atoms with Gasteiger partial charge in [-0.2, -0.15) is 0 Å². The lowest BCUT2D eigenvalue weighted by Crippen LogP contribution is -2.37. The van der Waals surface area contributed by atoms with Gasteiger partial charge < -0.3 is 15.6 Å². The van der Waals surface area contributed by atoms with Crippen LogP contribution in [0.2, 0.25) is 0 Å². The third-order valence-corrected chi connectivity index (χ3v) is 3.22. The van der Waals surface area contributed by atoms with Gasteiger partial charge in [0.25, 0.3) is 5.56 Å². The Kier molecular flexibility index (Phi) is 3.83. The van der Waals surface area contributed by atoms with Gasteiger partial charge in [0, 0.05) is 18.3 Å². The van der Waals surface area contributed by atoms with Crippen molar-refractivity contribution in [1.82, 2.24) is 9.55 Å². The largest absolute Gasteiger partial charge is 0.387 e. The molecule has 8 heteroatoms. The second kappa shape index (κ2) is 5.24. The Morgan fingerprint density at radius 2 is 2.26 bits per heavy atom. The molecule has 1 saturated heterocycles. The van der Waals surface area contributed by atoms with Crippen molar-refractivity contribution >= 4 is 0 Å². The molecule has 0 saturated carbocycles. The molecule has 7 nitrogen and oxygen atoms in total. The molecule has 106 valence electrons. The standard InChI is InChI=1S/C11H16FN3O4/c1-2-5-4-15(11(18)14-9(5)17)10-7(12)8(16)6(3-13)19-10/h4,6-8,10,16H,2-3,13H2,1H3,(H,14,17,18)/t6-,7+,8-,10-/m0/s1. The third kappa shape index (κ3) is 2.34. The van der Waals surface area contributed by atoms with Crippen LogP contribution in [0.25, 0.3) is 0 Å². The van der Waals surface area contributed by atoms with Crippen LogP contribution < -0.4 is 17.0 Å². The first-order chi connectivity index (χ1) is 8.99. The van der Waals surface area contributed by atoms with Gasteiger partial charge in [-0.1, -0.05) is 6.92 Å². The van der Waals surface area contributed by atoms with Crippen molar-refractivity contribution in [2.24, 2.45) is 5.73 Å². The Balaban J connectivity index is 2.43. The van der Waals surface area contributed by atoms with Gasteiger partial charge in [-0.3, -0.25) is 14.3 Å². The average molecular weight is 273 g/mol. The summed E-state index contributed by atoms with van der Waals surface area (Å²) in [5, 5.41) is 9.59. The number of aromatic amines is 1. The van der Waals surface area contributed by atoms with Crippen LogP contribution in [0.1, 0.15) is 18.7 Å². The van der Waals surface area contributed by atoms with Gasteiger partial charge in [-0.15, -0.1) is 0 Å². The topological polar surface area (TPSA) is 110 Å². The zero-order valence-electron chi connectivity index (χ0n) is 10.4. The number of rotatable bonds is 3. The molecule has 0 spiro atoms. The van der Waals surface area contributed by atoms with E-state index >= 15 is 0 Å². The van der Waals surface area contributed by atoms with Crippen molar-refractivity contribution in [3.63, 3.8) is 0 Å². The summed E-state index contributed by atoms with van der Waals surface area (Å²) in [6.45, 7) is 1.68. The number of hydrogen-bond acceptors (Lipinski definition) is 5. The summed E-state index contributed by atoms with van der Waals surface area (Å²) >= 11 is 0. The number of aliphatic hydroxyl groups is 1. The molecule has 0 unspecified atom stereocenters. The predicted molar refractivity (Wildman–Crippen MR) is 64.6 cm³/mol. The normalized spacial score (nSPS) is 30.7. The van der Waals surface area contributed by atoms with Crippen LogP contribution in [0.3, 0.4) is 0 Å². The van der Waals surface area contributed by atoms with E-state index in [1.54, 1.807) is 6.92 Å². The molecule has 1 aromatic heterocycles. The Bertz CT molecular complexity index is 570. The molecule has 1 fully saturated rings. The first-order valence-electron chi connectivity index (χ1n) is 6.01. The van der Waals surface area contributed by atoms with Crippen molar-refractivity contribution in [1.29, 1.82) is 0 Å². The number of halogens is 1. The fraction of sp³-hybridized carbons (Fsp3) is 0.636. The number of aromatic nitrogens is 2. The Hall–Kier alpha value is -1.51. The van der Waals surface area contributed by atoms with Crippen molar-refractivity contribution < 1.29 is 14.2 Å². The van der Waals surface area contributed by atoms with Crippen LogP contribution in [0.4, 0.5) is 4.39 Å². The lowest BCUT2D eigenvalue weighted by Gasteiger charge is -2.16. The zero-order valence-corrected chi connectivity index (χ0v) is 10.4. The van der Waals surface area contributed by atoms with E-state index in [-0.39, 0.29) is 6.54 Å². The minimum absolute atomic E-state index is 0.0587. The smallest absolute Gasteiger partial charge is 0.330 e. The highest BCUT2D eigenvalue weighted by Crippen LogP contribution is 2.30. The minimum Gasteiger partial charge on any atom is -0.387 e. The van der Waals surface area contributed by atoms with Crippen molar-refractivity contribution in [3.8, 4) is 0 Å². The number of nitrogens with one attached hydrogen (secondary N) is 1. The quantitative estimate of drug-likeness (QED) is 0.631. The molecule has 0 radical (unpaired) electrons. The summed E-state index contributed by atoms with van der Waals surface area (Å²) in [4.78, 5) is 25.2. The van der Waals surface area contributed by atoms with Crippen LogP contribution in [0, 0.1) is 0 Å². The van der Waals surface area contributed by atoms with E-state index in [0.29, 0.717) is 12.0 Å². The van der Waals surface area contributed by atoms with E-state index in [1.165, 1.54) is 6.20 Å². The van der Waals surface area contributed by atoms with Gasteiger partial charge in [0.05, 0.1) is 0 Å². The van der Waals surface area contributed by atoms with Gasteiger partial charge >= 0.3 is 5.69 Å². The molecule has 0 aromatic carbocycles. The zero-order chi connectivity index (χ0) is 14.2. The van der Waals surface area contributed by atoms with E-state index in [4.69, 9.17) is 10.5 Å². The maximum Gasteiger partial charge on any atom is 0.330 e. The van der Waals surface area contributed by atoms with E-state index in [9.17, 15) is 19.1 Å². The average Bonchev–Trinajstić information content (AvgIpc) is 2.67. The van der Waals surface area contributed by atoms with Crippen LogP contribution in [0.5, 0.6) is 0 Å². The lowest BCUT2D eigenvalue weighted by atomic mass is 10.1. The van der Waals surface area contributed by atoms with Gasteiger partial charge in [-0.05, 0) is 6.42 Å². The van der Waals surface area contributed by atoms with E-state index in [2.05, 4.69) is 4.98 Å². The molecule has 2 rings (SSSR count). The van der Waals surface area contributed by atoms with Gasteiger partial charge in [0.2, 0.25) is 0 Å². The SMILES string of the molecule is CCc1cn([C@H]2O[C@@H](CN)[C@H](O)[C@H]2F)c(=O)[nH]c1=O. The lowest BCUT2D eigenvalue weighted by molar-refractivity contribution is -0.0226. The summed E-state index contributed by atoms with van der Waals surface area (Å²) < 4.78 is 20.1. The Labute approximate surface area is 107 Å². The summed E-state index contributed by atoms with van der Waals surface area (Å²) in [5.41, 5.74) is 4.40. The van der Waals surface area contributed by atoms with Crippen molar-refractivity contribution in [2.75, 3.05) is 6.54 Å². The van der Waals surface area contributed by atoms with Gasteiger partial charge in [0.15, 0.2) is 12.4 Å². The van der Waals surface area contributed by atoms with E-state index in [1.807, 2.05) is 0 Å². The highest BCUT2D eigenvalue weighted by Gasteiger charge is 2.44. The number of nitrogens with two attached hydrogens (primary N) is 1. The number of aryl methyl sites for hydroxylation is 1. The molecule has 19 heavy (non-hydrogen) atoms. The van der Waals surface area contributed by atoms with Gasteiger partial charge in [0.1, 0.15) is 12.2 Å². The molecule has 1 aliphatic rings. The number of nitrogens with zero attached hydrogens (tertiary/aromatic N) is 1. The van der Waals surface area contributed by atoms with E-state index in [0.717, 1.165) is 4.57 Å². The summed E-state index contributed by atoms with van der Waals surface area (Å²) in [6.07, 6.45) is -3.67. The second-order valence-corrected chi connectivity index (χ2v) is 4.41. The highest BCUT2D eigenvalue weighted by molar-refractivity contribution is 5.05. The Morgan fingerprint density at radius 3 is 2.79 bits per heavy atom. The fourth-order valence-electron chi connectivity index (χ4n) is 2.09. The molecule has 4 N–H and O–H groups in total. The first kappa shape index (κ1) is 13.9. The minimum atomic E-state index is -1.78. The number of alkyl halides is 1. The third-order valence-electron chi connectivity index (χ3n) is 3.22. The molecule has 0 bridgehead atoms. The Morgan fingerprint density at radius 1 is 1.58 bits per heavy atom. The summed E-state index contributed by atoms with van der Waals surface area (Å²) in [5.74, 6) is 0. The van der Waals surface area contributed by atoms with Crippen molar-refractivity contribution in [3.05, 3.63) is 32.6 Å². The molecular formula is C11H16FN3O4. The first-order valence-corrected chi connectivity index (χ1v) is 6.01. The summed E-state index contributed by atoms with van der Waals surface area (Å²) in [7, 11) is 0. The number of aliphatic hydroxyl groups excluding tert-OH is 1. The molecular weight excluding hydrogens is 257 g/mol. The van der Waals surface area contributed by atoms with Crippen molar-refractivity contribution in [2.45, 2.75) is 38.0 Å². The molecule has 0 amide bonds. The van der Waals surface area contributed by atoms with Crippen LogP contribution >= 0.6 is 0 Å². The maximum absolute atomic E-state index is 13.9. The number of H-pyrrole nitrogens is 1. The van der Waals surface area contributed by atoms with Crippen LogP contribution in [-0.4, -0.2) is 39.6 Å². The molecule has 4 atom stereocenters. The molecule has 1 aliphatic heterocycles. The second-order valence-electron chi connectivity index (χ2n) is 4.41. The monoisotopic (exact) mass is 273 g/mol. The highest BCUT2D eigenvalue weighted by atomic mass is 19.1. The number of ether oxygens (including phenoxy) is 1. The molecule has 1 aromatic rings. The molecule has 2 heterocycles.